The lowest BCUT2D eigenvalue weighted by Gasteiger charge is -2.22. The number of fused-ring (bicyclic) bond motifs is 6. The van der Waals surface area contributed by atoms with Crippen molar-refractivity contribution in [3.8, 4) is 73.1 Å². The lowest BCUT2D eigenvalue weighted by Crippen LogP contribution is -2.08. The fraction of sp³-hybridized carbons (Fsp3) is 0.127. The Morgan fingerprint density at radius 1 is 0.397 bits per heavy atom. The number of alkyl halides is 3. The van der Waals surface area contributed by atoms with Crippen molar-refractivity contribution in [1.82, 2.24) is 9.13 Å². The fourth-order valence-electron chi connectivity index (χ4n) is 12.1. The van der Waals surface area contributed by atoms with Crippen molar-refractivity contribution in [3.63, 3.8) is 0 Å². The van der Waals surface area contributed by atoms with Gasteiger partial charge in [-0.05, 0) is 182 Å². The zero-order chi connectivity index (χ0) is 54.5. The van der Waals surface area contributed by atoms with Gasteiger partial charge in [0.15, 0.2) is 5.69 Å². The van der Waals surface area contributed by atoms with E-state index in [0.29, 0.717) is 22.5 Å². The topological polar surface area (TPSA) is 38.0 Å². The summed E-state index contributed by atoms with van der Waals surface area (Å²) in [6, 6.07) is 61.0. The highest BCUT2D eigenvalue weighted by molar-refractivity contribution is 6.14. The molecule has 0 saturated heterocycles. The molecule has 7 heteroatoms. The van der Waals surface area contributed by atoms with E-state index in [-0.39, 0.29) is 11.3 Å². The standard InChI is InChI=1S/C71H53F3N4/c1-40-10-18-56(44(5)26-40)49-14-22-60-61-23-15-50(57-19-11-41(2)27-45(57)6)35-65(61)77(64(60)34-49)68-30-48(39-75)31-69(70(68)53-32-54(71(72,73)74)38-55(33-53)76-9)78-66-36-51(58-20-12-42(3)28-46(58)7)16-24-62(66)63-25-17-52(37-67(63)78)59-21-13-43(4)29-47(59)8/h10-38H,1-8H3. The number of aromatic nitrogens is 2. The van der Waals surface area contributed by atoms with Gasteiger partial charge >= 0.3 is 6.18 Å². The number of nitrogens with zero attached hydrogens (tertiary/aromatic N) is 4. The van der Waals surface area contributed by atoms with Gasteiger partial charge in [0.1, 0.15) is 0 Å². The minimum absolute atomic E-state index is 0.158. The van der Waals surface area contributed by atoms with Crippen LogP contribution in [0.15, 0.2) is 176 Å². The van der Waals surface area contributed by atoms with Crippen LogP contribution >= 0.6 is 0 Å². The number of halogens is 3. The van der Waals surface area contributed by atoms with Crippen LogP contribution in [0, 0.1) is 73.3 Å². The third-order valence-corrected chi connectivity index (χ3v) is 15.7. The smallest absolute Gasteiger partial charge is 0.308 e. The first kappa shape index (κ1) is 49.4. The molecular formula is C71H53F3N4. The van der Waals surface area contributed by atoms with Gasteiger partial charge in [0, 0.05) is 32.7 Å². The van der Waals surface area contributed by atoms with Gasteiger partial charge in [0.2, 0.25) is 0 Å². The molecule has 4 nitrogen and oxygen atoms in total. The van der Waals surface area contributed by atoms with Crippen molar-refractivity contribution in [2.45, 2.75) is 61.6 Å². The molecule has 0 bridgehead atoms. The predicted molar refractivity (Wildman–Crippen MR) is 316 cm³/mol. The van der Waals surface area contributed by atoms with Gasteiger partial charge in [-0.1, -0.05) is 144 Å². The highest BCUT2D eigenvalue weighted by Crippen LogP contribution is 2.47. The van der Waals surface area contributed by atoms with Gasteiger partial charge in [-0.2, -0.15) is 18.4 Å². The van der Waals surface area contributed by atoms with Crippen LogP contribution in [-0.2, 0) is 6.18 Å². The van der Waals surface area contributed by atoms with E-state index >= 15 is 13.2 Å². The van der Waals surface area contributed by atoms with E-state index in [1.807, 2.05) is 0 Å². The van der Waals surface area contributed by atoms with Crippen molar-refractivity contribution in [3.05, 3.63) is 243 Å². The molecule has 0 atom stereocenters. The van der Waals surface area contributed by atoms with Crippen LogP contribution in [-0.4, -0.2) is 9.13 Å². The van der Waals surface area contributed by atoms with E-state index in [0.717, 1.165) is 145 Å². The second kappa shape index (κ2) is 18.7. The second-order valence-corrected chi connectivity index (χ2v) is 21.3. The number of rotatable bonds is 7. The summed E-state index contributed by atoms with van der Waals surface area (Å²) in [5.74, 6) is 0. The first-order chi connectivity index (χ1) is 37.5. The molecular weight excluding hydrogens is 966 g/mol. The zero-order valence-corrected chi connectivity index (χ0v) is 44.7. The number of aryl methyl sites for hydroxylation is 8. The highest BCUT2D eigenvalue weighted by atomic mass is 19.4. The highest BCUT2D eigenvalue weighted by Gasteiger charge is 2.33. The third-order valence-electron chi connectivity index (χ3n) is 15.7. The molecule has 2 heterocycles. The van der Waals surface area contributed by atoms with Crippen LogP contribution in [0.4, 0.5) is 18.9 Å². The van der Waals surface area contributed by atoms with Crippen LogP contribution in [0.1, 0.15) is 55.6 Å². The molecule has 0 unspecified atom stereocenters. The van der Waals surface area contributed by atoms with Gasteiger partial charge < -0.3 is 9.13 Å². The van der Waals surface area contributed by atoms with Crippen LogP contribution in [0.2, 0.25) is 0 Å². The maximum atomic E-state index is 15.4. The molecule has 0 spiro atoms. The van der Waals surface area contributed by atoms with Crippen molar-refractivity contribution in [2.24, 2.45) is 0 Å². The second-order valence-electron chi connectivity index (χ2n) is 21.3. The number of nitriles is 1. The summed E-state index contributed by atoms with van der Waals surface area (Å²) in [4.78, 5) is 3.67. The molecule has 0 aliphatic carbocycles. The molecule has 0 N–H and O–H groups in total. The lowest BCUT2D eigenvalue weighted by molar-refractivity contribution is -0.137. The van der Waals surface area contributed by atoms with Gasteiger partial charge in [0.05, 0.1) is 51.6 Å². The van der Waals surface area contributed by atoms with Gasteiger partial charge in [-0.15, -0.1) is 0 Å². The van der Waals surface area contributed by atoms with Crippen LogP contribution in [0.25, 0.3) is 115 Å². The van der Waals surface area contributed by atoms with Crippen molar-refractivity contribution < 1.29 is 13.2 Å². The molecule has 78 heavy (non-hydrogen) atoms. The summed E-state index contributed by atoms with van der Waals surface area (Å²) in [5, 5.41) is 15.1. The maximum absolute atomic E-state index is 15.4. The Hall–Kier alpha value is -9.43. The molecule has 12 aromatic rings. The number of hydrogen-bond acceptors (Lipinski definition) is 1. The lowest BCUT2D eigenvalue weighted by atomic mass is 9.95. The quantitative estimate of drug-likeness (QED) is 0.147. The van der Waals surface area contributed by atoms with E-state index in [9.17, 15) is 5.26 Å². The molecule has 378 valence electrons. The van der Waals surface area contributed by atoms with E-state index in [4.69, 9.17) is 6.57 Å². The Balaban J connectivity index is 1.29. The van der Waals surface area contributed by atoms with E-state index in [1.54, 1.807) is 18.2 Å². The first-order valence-electron chi connectivity index (χ1n) is 26.1. The Morgan fingerprint density at radius 2 is 0.731 bits per heavy atom. The summed E-state index contributed by atoms with van der Waals surface area (Å²) >= 11 is 0. The number of hydrogen-bond donors (Lipinski definition) is 0. The SMILES string of the molecule is [C-]#[N+]c1cc(-c2c(-n3c4cc(-c5ccc(C)cc5C)ccc4c4ccc(-c5ccc(C)cc5C)cc43)cc(C#N)cc2-n2c3cc(-c4ccc(C)cc4C)ccc3c3ccc(-c4ccc(C)cc4C)cc32)cc(C(F)(F)F)c1. The summed E-state index contributed by atoms with van der Waals surface area (Å²) in [5.41, 5.74) is 21.0. The van der Waals surface area contributed by atoms with Crippen molar-refractivity contribution in [2.75, 3.05) is 0 Å². The van der Waals surface area contributed by atoms with Crippen molar-refractivity contribution >= 4 is 49.3 Å². The molecule has 0 saturated carbocycles. The van der Waals surface area contributed by atoms with E-state index in [2.05, 4.69) is 221 Å². The Bertz CT molecular complexity index is 4140. The molecule has 0 aliphatic rings. The minimum Gasteiger partial charge on any atom is -0.308 e. The molecule has 2 aromatic heterocycles. The van der Waals surface area contributed by atoms with E-state index < -0.39 is 11.7 Å². The fourth-order valence-corrected chi connectivity index (χ4v) is 12.1. The third kappa shape index (κ3) is 8.40. The largest absolute Gasteiger partial charge is 0.415 e. The average molecular weight is 1020 g/mol. The monoisotopic (exact) mass is 1020 g/mol. The minimum atomic E-state index is -4.79. The van der Waals surface area contributed by atoms with Crippen LogP contribution in [0.5, 0.6) is 0 Å². The summed E-state index contributed by atoms with van der Waals surface area (Å²) in [7, 11) is 0. The average Bonchev–Trinajstić information content (AvgIpc) is 4.15. The molecule has 10 aromatic carbocycles. The zero-order valence-electron chi connectivity index (χ0n) is 44.7. The van der Waals surface area contributed by atoms with E-state index in [1.165, 1.54) is 0 Å². The normalized spacial score (nSPS) is 11.8. The summed E-state index contributed by atoms with van der Waals surface area (Å²) < 4.78 is 50.5. The van der Waals surface area contributed by atoms with Crippen LogP contribution in [0.3, 0.4) is 0 Å². The Morgan fingerprint density at radius 3 is 1.01 bits per heavy atom. The maximum Gasteiger partial charge on any atom is 0.415 e. The van der Waals surface area contributed by atoms with Crippen molar-refractivity contribution in [1.29, 1.82) is 5.26 Å². The van der Waals surface area contributed by atoms with Gasteiger partial charge in [0.25, 0.3) is 0 Å². The molecule has 0 fully saturated rings. The summed E-state index contributed by atoms with van der Waals surface area (Å²) in [6.07, 6.45) is -4.79. The molecule has 0 amide bonds. The van der Waals surface area contributed by atoms with Gasteiger partial charge in [-0.25, -0.2) is 4.85 Å². The Labute approximate surface area is 452 Å². The number of benzene rings is 10. The Kier molecular flexibility index (Phi) is 11.8. The molecule has 12 rings (SSSR count). The summed E-state index contributed by atoms with van der Waals surface area (Å²) in [6.45, 7) is 24.9. The first-order valence-corrected chi connectivity index (χ1v) is 26.1. The molecule has 0 radical (unpaired) electrons. The van der Waals surface area contributed by atoms with Crippen LogP contribution < -0.4 is 0 Å². The predicted octanol–water partition coefficient (Wildman–Crippen LogP) is 20.1. The molecule has 0 aliphatic heterocycles. The van der Waals surface area contributed by atoms with Gasteiger partial charge in [-0.3, -0.25) is 0 Å².